The third kappa shape index (κ3) is 4.10. The largest absolute Gasteiger partial charge is 0.445 e. The molecule has 1 aromatic carbocycles. The lowest BCUT2D eigenvalue weighted by Gasteiger charge is -2.37. The van der Waals surface area contributed by atoms with Crippen LogP contribution in [0.4, 0.5) is 18.0 Å². The average molecular weight is 303 g/mol. The first-order valence-corrected chi connectivity index (χ1v) is 6.60. The van der Waals surface area contributed by atoms with Crippen LogP contribution in [-0.4, -0.2) is 41.0 Å². The molecule has 1 saturated heterocycles. The van der Waals surface area contributed by atoms with E-state index < -0.39 is 30.8 Å². The maximum atomic E-state index is 12.9. The number of carbonyl (C=O) groups is 1. The van der Waals surface area contributed by atoms with E-state index in [9.17, 15) is 23.1 Å². The summed E-state index contributed by atoms with van der Waals surface area (Å²) in [6.45, 7) is -0.248. The molecule has 0 aromatic heterocycles. The van der Waals surface area contributed by atoms with Crippen molar-refractivity contribution in [1.29, 1.82) is 0 Å². The van der Waals surface area contributed by atoms with E-state index in [2.05, 4.69) is 0 Å². The number of nitrogens with zero attached hydrogens (tertiary/aromatic N) is 1. The van der Waals surface area contributed by atoms with Gasteiger partial charge in [0.2, 0.25) is 0 Å². The van der Waals surface area contributed by atoms with Crippen molar-refractivity contribution < 1.29 is 27.8 Å². The van der Waals surface area contributed by atoms with E-state index in [0.717, 1.165) is 0 Å². The van der Waals surface area contributed by atoms with Gasteiger partial charge in [-0.15, -0.1) is 0 Å². The molecule has 0 aliphatic carbocycles. The summed E-state index contributed by atoms with van der Waals surface area (Å²) < 4.78 is 43.7. The molecular formula is C14H16F3NO3. The molecule has 0 spiro atoms. The first-order valence-electron chi connectivity index (χ1n) is 6.60. The van der Waals surface area contributed by atoms with Gasteiger partial charge in [0.05, 0.1) is 6.10 Å². The molecule has 0 bridgehead atoms. The van der Waals surface area contributed by atoms with Crippen molar-refractivity contribution in [3.63, 3.8) is 0 Å². The zero-order valence-corrected chi connectivity index (χ0v) is 11.2. The molecule has 7 heteroatoms. The third-order valence-electron chi connectivity index (χ3n) is 3.39. The van der Waals surface area contributed by atoms with Crippen LogP contribution in [0.5, 0.6) is 0 Å². The lowest BCUT2D eigenvalue weighted by Crippen LogP contribution is -2.54. The van der Waals surface area contributed by atoms with Gasteiger partial charge >= 0.3 is 12.3 Å². The number of benzene rings is 1. The molecule has 0 unspecified atom stereocenters. The summed E-state index contributed by atoms with van der Waals surface area (Å²) in [6, 6.07) is 6.72. The van der Waals surface area contributed by atoms with E-state index >= 15 is 0 Å². The molecule has 1 N–H and O–H groups in total. The SMILES string of the molecule is O=C(OCc1ccccc1)N1CC[C@@H](O)C[C@H]1C(F)(F)F. The van der Waals surface area contributed by atoms with Gasteiger partial charge < -0.3 is 9.84 Å². The van der Waals surface area contributed by atoms with Crippen molar-refractivity contribution in [2.24, 2.45) is 0 Å². The zero-order chi connectivity index (χ0) is 15.5. The Bertz CT molecular complexity index is 478. The van der Waals surface area contributed by atoms with Gasteiger partial charge in [-0.1, -0.05) is 30.3 Å². The Morgan fingerprint density at radius 1 is 1.33 bits per heavy atom. The van der Waals surface area contributed by atoms with Crippen molar-refractivity contribution in [3.05, 3.63) is 35.9 Å². The number of amides is 1. The van der Waals surface area contributed by atoms with Crippen LogP contribution in [0.1, 0.15) is 18.4 Å². The summed E-state index contributed by atoms with van der Waals surface area (Å²) in [4.78, 5) is 12.5. The summed E-state index contributed by atoms with van der Waals surface area (Å²) in [5.74, 6) is 0. The first kappa shape index (κ1) is 15.6. The Labute approximate surface area is 120 Å². The quantitative estimate of drug-likeness (QED) is 0.914. The normalized spacial score (nSPS) is 23.0. The second kappa shape index (κ2) is 6.34. The summed E-state index contributed by atoms with van der Waals surface area (Å²) in [5.41, 5.74) is 0.700. The van der Waals surface area contributed by atoms with Gasteiger partial charge in [-0.2, -0.15) is 13.2 Å². The number of likely N-dealkylation sites (tertiary alicyclic amines) is 1. The highest BCUT2D eigenvalue weighted by Gasteiger charge is 2.48. The minimum atomic E-state index is -4.58. The van der Waals surface area contributed by atoms with Crippen LogP contribution >= 0.6 is 0 Å². The molecule has 1 aliphatic heterocycles. The van der Waals surface area contributed by atoms with Crippen molar-refractivity contribution >= 4 is 6.09 Å². The summed E-state index contributed by atoms with van der Waals surface area (Å²) in [6.07, 6.45) is -7.02. The second-order valence-corrected chi connectivity index (χ2v) is 4.97. The van der Waals surface area contributed by atoms with Crippen LogP contribution in [0.25, 0.3) is 0 Å². The van der Waals surface area contributed by atoms with Crippen molar-refractivity contribution in [2.45, 2.75) is 37.8 Å². The maximum absolute atomic E-state index is 12.9. The summed E-state index contributed by atoms with van der Waals surface area (Å²) >= 11 is 0. The predicted octanol–water partition coefficient (Wildman–Crippen LogP) is 2.71. The summed E-state index contributed by atoms with van der Waals surface area (Å²) in [5, 5.41) is 9.37. The van der Waals surface area contributed by atoms with Gasteiger partial charge in [0, 0.05) is 13.0 Å². The topological polar surface area (TPSA) is 49.8 Å². The van der Waals surface area contributed by atoms with Crippen LogP contribution in [-0.2, 0) is 11.3 Å². The number of ether oxygens (including phenoxy) is 1. The number of hydrogen-bond acceptors (Lipinski definition) is 3. The molecule has 4 nitrogen and oxygen atoms in total. The highest BCUT2D eigenvalue weighted by atomic mass is 19.4. The van der Waals surface area contributed by atoms with Crippen molar-refractivity contribution in [2.75, 3.05) is 6.54 Å². The summed E-state index contributed by atoms with van der Waals surface area (Å²) in [7, 11) is 0. The smallest absolute Gasteiger partial charge is 0.410 e. The first-order chi connectivity index (χ1) is 9.88. The van der Waals surface area contributed by atoms with Crippen molar-refractivity contribution in [3.8, 4) is 0 Å². The lowest BCUT2D eigenvalue weighted by atomic mass is 9.99. The van der Waals surface area contributed by atoms with Gasteiger partial charge in [0.15, 0.2) is 0 Å². The van der Waals surface area contributed by atoms with E-state index in [4.69, 9.17) is 4.74 Å². The number of alkyl halides is 3. The molecule has 1 aliphatic rings. The van der Waals surface area contributed by atoms with Gasteiger partial charge in [0.25, 0.3) is 0 Å². The number of hydrogen-bond donors (Lipinski definition) is 1. The number of piperidine rings is 1. The molecule has 1 amide bonds. The molecule has 1 aromatic rings. The zero-order valence-electron chi connectivity index (χ0n) is 11.2. The van der Waals surface area contributed by atoms with Gasteiger partial charge in [-0.3, -0.25) is 4.90 Å². The minimum absolute atomic E-state index is 0.0801. The fraction of sp³-hybridized carbons (Fsp3) is 0.500. The van der Waals surface area contributed by atoms with Gasteiger partial charge in [-0.25, -0.2) is 4.79 Å². The molecule has 0 radical (unpaired) electrons. The van der Waals surface area contributed by atoms with Crippen LogP contribution in [0.3, 0.4) is 0 Å². The third-order valence-corrected chi connectivity index (χ3v) is 3.39. The predicted molar refractivity (Wildman–Crippen MR) is 68.4 cm³/mol. The highest BCUT2D eigenvalue weighted by molar-refractivity contribution is 5.68. The molecule has 2 atom stereocenters. The van der Waals surface area contributed by atoms with E-state index in [1.165, 1.54) is 0 Å². The van der Waals surface area contributed by atoms with Crippen LogP contribution in [0.15, 0.2) is 30.3 Å². The minimum Gasteiger partial charge on any atom is -0.445 e. The molecule has 0 saturated carbocycles. The Hall–Kier alpha value is -1.76. The Kier molecular flexibility index (Phi) is 4.72. The number of carbonyl (C=O) groups excluding carboxylic acids is 1. The van der Waals surface area contributed by atoms with E-state index in [0.29, 0.717) is 10.5 Å². The number of aliphatic hydroxyl groups is 1. The highest BCUT2D eigenvalue weighted by Crippen LogP contribution is 2.32. The Morgan fingerprint density at radius 3 is 2.62 bits per heavy atom. The van der Waals surface area contributed by atoms with Crippen molar-refractivity contribution in [1.82, 2.24) is 4.90 Å². The van der Waals surface area contributed by atoms with Crippen LogP contribution in [0, 0.1) is 0 Å². The van der Waals surface area contributed by atoms with Crippen LogP contribution < -0.4 is 0 Å². The maximum Gasteiger partial charge on any atom is 0.410 e. The van der Waals surface area contributed by atoms with Crippen LogP contribution in [0.2, 0.25) is 0 Å². The van der Waals surface area contributed by atoms with E-state index in [-0.39, 0.29) is 19.6 Å². The fourth-order valence-electron chi connectivity index (χ4n) is 2.28. The number of halogens is 3. The molecule has 1 heterocycles. The fourth-order valence-corrected chi connectivity index (χ4v) is 2.28. The average Bonchev–Trinajstić information content (AvgIpc) is 2.45. The number of aliphatic hydroxyl groups excluding tert-OH is 1. The molecule has 2 rings (SSSR count). The van der Waals surface area contributed by atoms with Gasteiger partial charge in [0.1, 0.15) is 12.6 Å². The van der Waals surface area contributed by atoms with E-state index in [1.54, 1.807) is 30.3 Å². The number of rotatable bonds is 2. The molecule has 116 valence electrons. The Balaban J connectivity index is 1.99. The molecular weight excluding hydrogens is 287 g/mol. The lowest BCUT2D eigenvalue weighted by molar-refractivity contribution is -0.194. The molecule has 21 heavy (non-hydrogen) atoms. The van der Waals surface area contributed by atoms with Gasteiger partial charge in [-0.05, 0) is 12.0 Å². The molecule has 1 fully saturated rings. The standard InChI is InChI=1S/C14H16F3NO3/c15-14(16,17)12-8-11(19)6-7-18(12)13(20)21-9-10-4-2-1-3-5-10/h1-5,11-12,19H,6-9H2/t11-,12+/m1/s1. The Morgan fingerprint density at radius 2 is 2.00 bits per heavy atom. The monoisotopic (exact) mass is 303 g/mol. The second-order valence-electron chi connectivity index (χ2n) is 4.97. The van der Waals surface area contributed by atoms with E-state index in [1.807, 2.05) is 0 Å².